The van der Waals surface area contributed by atoms with Crippen LogP contribution in [0.5, 0.6) is 5.75 Å². The van der Waals surface area contributed by atoms with E-state index in [1.807, 2.05) is 13.0 Å². The fourth-order valence-corrected chi connectivity index (χ4v) is 2.00. The van der Waals surface area contributed by atoms with E-state index >= 15 is 0 Å². The molecule has 3 nitrogen and oxygen atoms in total. The maximum atomic E-state index is 5.73. The number of anilines is 1. The summed E-state index contributed by atoms with van der Waals surface area (Å²) < 4.78 is 5.73. The first-order valence-electron chi connectivity index (χ1n) is 5.05. The van der Waals surface area contributed by atoms with E-state index in [9.17, 15) is 0 Å². The Hall–Kier alpha value is -1.55. The summed E-state index contributed by atoms with van der Waals surface area (Å²) in [5, 5.41) is 0.583. The molecule has 0 amide bonds. The normalized spacial score (nSPS) is 10.4. The van der Waals surface area contributed by atoms with Crippen molar-refractivity contribution in [1.82, 2.24) is 4.98 Å². The standard InChI is InChI=1S/C12H14N2OS/c1-8-3-4-9(2)11(5-8)15-7-10-6-14-12(13)16-10/h3-6H,7H2,1-2H3,(H2,13,14). The first-order valence-corrected chi connectivity index (χ1v) is 5.87. The van der Waals surface area contributed by atoms with Crippen molar-refractivity contribution in [2.75, 3.05) is 5.73 Å². The number of hydrogen-bond donors (Lipinski definition) is 1. The number of hydrogen-bond acceptors (Lipinski definition) is 4. The highest BCUT2D eigenvalue weighted by Crippen LogP contribution is 2.22. The van der Waals surface area contributed by atoms with E-state index < -0.39 is 0 Å². The molecule has 2 N–H and O–H groups in total. The van der Waals surface area contributed by atoms with Gasteiger partial charge in [-0.05, 0) is 31.0 Å². The molecule has 0 atom stereocenters. The smallest absolute Gasteiger partial charge is 0.180 e. The van der Waals surface area contributed by atoms with Crippen molar-refractivity contribution in [3.8, 4) is 5.75 Å². The number of ether oxygens (including phenoxy) is 1. The zero-order valence-electron chi connectivity index (χ0n) is 9.36. The van der Waals surface area contributed by atoms with Crippen molar-refractivity contribution in [2.45, 2.75) is 20.5 Å². The van der Waals surface area contributed by atoms with Gasteiger partial charge >= 0.3 is 0 Å². The van der Waals surface area contributed by atoms with Crippen LogP contribution in [0.15, 0.2) is 24.4 Å². The van der Waals surface area contributed by atoms with Gasteiger partial charge in [-0.3, -0.25) is 0 Å². The lowest BCUT2D eigenvalue weighted by Crippen LogP contribution is -1.95. The predicted octanol–water partition coefficient (Wildman–Crippen LogP) is 2.92. The van der Waals surface area contributed by atoms with Crippen molar-refractivity contribution < 1.29 is 4.74 Å². The Balaban J connectivity index is 2.07. The Bertz CT molecular complexity index is 494. The zero-order valence-corrected chi connectivity index (χ0v) is 10.2. The average Bonchev–Trinajstić information content (AvgIpc) is 2.66. The van der Waals surface area contributed by atoms with Gasteiger partial charge in [-0.2, -0.15) is 0 Å². The highest BCUT2D eigenvalue weighted by Gasteiger charge is 2.02. The molecule has 0 aliphatic rings. The number of nitrogen functional groups attached to an aromatic ring is 1. The number of nitrogens with zero attached hydrogens (tertiary/aromatic N) is 1. The van der Waals surface area contributed by atoms with Crippen LogP contribution in [0.25, 0.3) is 0 Å². The average molecular weight is 234 g/mol. The van der Waals surface area contributed by atoms with Gasteiger partial charge in [-0.1, -0.05) is 23.5 Å². The van der Waals surface area contributed by atoms with E-state index in [1.165, 1.54) is 16.9 Å². The van der Waals surface area contributed by atoms with Crippen LogP contribution in [-0.4, -0.2) is 4.98 Å². The number of rotatable bonds is 3. The molecule has 0 aliphatic carbocycles. The molecule has 0 unspecified atom stereocenters. The molecule has 4 heteroatoms. The quantitative estimate of drug-likeness (QED) is 0.888. The van der Waals surface area contributed by atoms with Crippen LogP contribution < -0.4 is 10.5 Å². The molecule has 0 saturated heterocycles. The molecule has 84 valence electrons. The first kappa shape index (κ1) is 11.0. The fourth-order valence-electron chi connectivity index (χ4n) is 1.40. The highest BCUT2D eigenvalue weighted by molar-refractivity contribution is 7.15. The molecule has 16 heavy (non-hydrogen) atoms. The SMILES string of the molecule is Cc1ccc(C)c(OCc2cnc(N)s2)c1. The second kappa shape index (κ2) is 4.53. The van der Waals surface area contributed by atoms with E-state index in [0.29, 0.717) is 11.7 Å². The van der Waals surface area contributed by atoms with Gasteiger partial charge in [0, 0.05) is 6.20 Å². The topological polar surface area (TPSA) is 48.1 Å². The number of nitrogens with two attached hydrogens (primary N) is 1. The molecule has 0 aliphatic heterocycles. The van der Waals surface area contributed by atoms with Crippen LogP contribution in [0, 0.1) is 13.8 Å². The molecule has 0 saturated carbocycles. The van der Waals surface area contributed by atoms with E-state index in [0.717, 1.165) is 16.2 Å². The van der Waals surface area contributed by atoms with Crippen LogP contribution in [0.1, 0.15) is 16.0 Å². The van der Waals surface area contributed by atoms with Crippen molar-refractivity contribution in [3.05, 3.63) is 40.4 Å². The first-order chi connectivity index (χ1) is 7.65. The van der Waals surface area contributed by atoms with Gasteiger partial charge in [0.2, 0.25) is 0 Å². The molecule has 2 rings (SSSR count). The molecule has 1 aromatic carbocycles. The Morgan fingerprint density at radius 2 is 2.19 bits per heavy atom. The van der Waals surface area contributed by atoms with Gasteiger partial charge in [-0.15, -0.1) is 0 Å². The van der Waals surface area contributed by atoms with Crippen LogP contribution in [0.4, 0.5) is 5.13 Å². The lowest BCUT2D eigenvalue weighted by atomic mass is 10.1. The minimum absolute atomic E-state index is 0.527. The van der Waals surface area contributed by atoms with Crippen LogP contribution >= 0.6 is 11.3 Å². The Kier molecular flexibility index (Phi) is 3.10. The lowest BCUT2D eigenvalue weighted by molar-refractivity contribution is 0.307. The third-order valence-corrected chi connectivity index (χ3v) is 3.09. The molecule has 2 aromatic rings. The Morgan fingerprint density at radius 1 is 1.38 bits per heavy atom. The summed E-state index contributed by atoms with van der Waals surface area (Å²) in [6.45, 7) is 4.62. The van der Waals surface area contributed by atoms with Crippen LogP contribution in [-0.2, 0) is 6.61 Å². The van der Waals surface area contributed by atoms with Crippen molar-refractivity contribution >= 4 is 16.5 Å². The lowest BCUT2D eigenvalue weighted by Gasteiger charge is -2.08. The van der Waals surface area contributed by atoms with Crippen molar-refractivity contribution in [3.63, 3.8) is 0 Å². The third-order valence-electron chi connectivity index (χ3n) is 2.29. The summed E-state index contributed by atoms with van der Waals surface area (Å²) in [5.41, 5.74) is 7.89. The third kappa shape index (κ3) is 2.52. The van der Waals surface area contributed by atoms with Gasteiger partial charge in [-0.25, -0.2) is 4.98 Å². The van der Waals surface area contributed by atoms with Crippen molar-refractivity contribution in [1.29, 1.82) is 0 Å². The summed E-state index contributed by atoms with van der Waals surface area (Å²) in [6, 6.07) is 6.18. The number of benzene rings is 1. The van der Waals surface area contributed by atoms with E-state index in [-0.39, 0.29) is 0 Å². The number of thiazole rings is 1. The molecular formula is C12H14N2OS. The Labute approximate surface area is 98.9 Å². The summed E-state index contributed by atoms with van der Waals surface area (Å²) in [5.74, 6) is 0.923. The highest BCUT2D eigenvalue weighted by atomic mass is 32.1. The number of aromatic nitrogens is 1. The van der Waals surface area contributed by atoms with E-state index in [4.69, 9.17) is 10.5 Å². The van der Waals surface area contributed by atoms with Gasteiger partial charge in [0.15, 0.2) is 5.13 Å². The minimum Gasteiger partial charge on any atom is -0.488 e. The van der Waals surface area contributed by atoms with Gasteiger partial charge < -0.3 is 10.5 Å². The second-order valence-electron chi connectivity index (χ2n) is 3.72. The maximum Gasteiger partial charge on any atom is 0.180 e. The zero-order chi connectivity index (χ0) is 11.5. The largest absolute Gasteiger partial charge is 0.488 e. The van der Waals surface area contributed by atoms with E-state index in [2.05, 4.69) is 24.0 Å². The summed E-state index contributed by atoms with van der Waals surface area (Å²) in [4.78, 5) is 5.03. The molecule has 1 heterocycles. The predicted molar refractivity (Wildman–Crippen MR) is 66.8 cm³/mol. The molecule has 0 bridgehead atoms. The fraction of sp³-hybridized carbons (Fsp3) is 0.250. The minimum atomic E-state index is 0.527. The van der Waals surface area contributed by atoms with E-state index in [1.54, 1.807) is 6.20 Å². The van der Waals surface area contributed by atoms with Crippen molar-refractivity contribution in [2.24, 2.45) is 0 Å². The summed E-state index contributed by atoms with van der Waals surface area (Å²) >= 11 is 1.46. The monoisotopic (exact) mass is 234 g/mol. The summed E-state index contributed by atoms with van der Waals surface area (Å²) in [6.07, 6.45) is 1.76. The summed E-state index contributed by atoms with van der Waals surface area (Å²) in [7, 11) is 0. The molecular weight excluding hydrogens is 220 g/mol. The maximum absolute atomic E-state index is 5.73. The van der Waals surface area contributed by atoms with Gasteiger partial charge in [0.05, 0.1) is 4.88 Å². The van der Waals surface area contributed by atoms with Crippen LogP contribution in [0.3, 0.4) is 0 Å². The number of aryl methyl sites for hydroxylation is 2. The van der Waals surface area contributed by atoms with Gasteiger partial charge in [0.25, 0.3) is 0 Å². The molecule has 0 fully saturated rings. The molecule has 1 aromatic heterocycles. The second-order valence-corrected chi connectivity index (χ2v) is 4.87. The Morgan fingerprint density at radius 3 is 2.88 bits per heavy atom. The van der Waals surface area contributed by atoms with Crippen LogP contribution in [0.2, 0.25) is 0 Å². The van der Waals surface area contributed by atoms with Gasteiger partial charge in [0.1, 0.15) is 12.4 Å². The molecule has 0 spiro atoms. The molecule has 0 radical (unpaired) electrons.